The first-order valence-electron chi connectivity index (χ1n) is 7.32. The maximum absolute atomic E-state index is 11.4. The Morgan fingerprint density at radius 3 is 2.67 bits per heavy atom. The molecule has 0 radical (unpaired) electrons. The van der Waals surface area contributed by atoms with Gasteiger partial charge in [0.25, 0.3) is 5.69 Å². The number of fused-ring (bicyclic) bond motifs is 1. The van der Waals surface area contributed by atoms with Crippen LogP contribution < -0.4 is 4.74 Å². The lowest BCUT2D eigenvalue weighted by molar-refractivity contribution is -0.383. The molecule has 21 heavy (non-hydrogen) atoms. The maximum Gasteiger partial charge on any atom is 0.279 e. The SMILES string of the molecule is COc1ccc([N+](=O)[O-])c2c(C3CCCCC3)ccnc12. The van der Waals surface area contributed by atoms with Crippen molar-refractivity contribution in [3.05, 3.63) is 40.1 Å². The minimum Gasteiger partial charge on any atom is -0.494 e. The number of nitrogens with zero attached hydrogens (tertiary/aromatic N) is 2. The van der Waals surface area contributed by atoms with Crippen molar-refractivity contribution in [3.63, 3.8) is 0 Å². The summed E-state index contributed by atoms with van der Waals surface area (Å²) < 4.78 is 5.32. The molecule has 1 saturated carbocycles. The molecule has 1 aromatic carbocycles. The molecular weight excluding hydrogens is 268 g/mol. The van der Waals surface area contributed by atoms with E-state index < -0.39 is 0 Å². The molecule has 0 N–H and O–H groups in total. The van der Waals surface area contributed by atoms with E-state index >= 15 is 0 Å². The molecular formula is C16H18N2O3. The van der Waals surface area contributed by atoms with Crippen LogP contribution in [0.4, 0.5) is 5.69 Å². The summed E-state index contributed by atoms with van der Waals surface area (Å²) in [5.41, 5.74) is 1.76. The summed E-state index contributed by atoms with van der Waals surface area (Å²) in [6.07, 6.45) is 7.54. The average Bonchev–Trinajstić information content (AvgIpc) is 2.53. The van der Waals surface area contributed by atoms with Crippen molar-refractivity contribution in [3.8, 4) is 5.75 Å². The third-order valence-electron chi connectivity index (χ3n) is 4.33. The van der Waals surface area contributed by atoms with E-state index in [2.05, 4.69) is 4.98 Å². The van der Waals surface area contributed by atoms with E-state index in [1.807, 2.05) is 6.07 Å². The first-order valence-corrected chi connectivity index (χ1v) is 7.32. The van der Waals surface area contributed by atoms with Crippen molar-refractivity contribution in [2.24, 2.45) is 0 Å². The molecule has 1 heterocycles. The van der Waals surface area contributed by atoms with Crippen molar-refractivity contribution in [2.45, 2.75) is 38.0 Å². The number of benzene rings is 1. The molecule has 0 unspecified atom stereocenters. The normalized spacial score (nSPS) is 16.0. The molecule has 1 aromatic heterocycles. The Kier molecular flexibility index (Phi) is 3.73. The number of pyridine rings is 1. The van der Waals surface area contributed by atoms with E-state index in [4.69, 9.17) is 4.74 Å². The van der Waals surface area contributed by atoms with Gasteiger partial charge in [0.2, 0.25) is 0 Å². The number of nitro groups is 1. The Morgan fingerprint density at radius 2 is 2.00 bits per heavy atom. The molecule has 0 bridgehead atoms. The summed E-state index contributed by atoms with van der Waals surface area (Å²) in [5, 5.41) is 12.0. The zero-order valence-electron chi connectivity index (χ0n) is 12.0. The molecule has 2 aromatic rings. The summed E-state index contributed by atoms with van der Waals surface area (Å²) in [6, 6.07) is 5.08. The van der Waals surface area contributed by atoms with Gasteiger partial charge < -0.3 is 4.74 Å². The van der Waals surface area contributed by atoms with E-state index in [9.17, 15) is 10.1 Å². The van der Waals surface area contributed by atoms with Crippen molar-refractivity contribution < 1.29 is 9.66 Å². The summed E-state index contributed by atoms with van der Waals surface area (Å²) in [5.74, 6) is 0.975. The highest BCUT2D eigenvalue weighted by molar-refractivity contribution is 5.95. The number of methoxy groups -OCH3 is 1. The van der Waals surface area contributed by atoms with Crippen LogP contribution in [0.25, 0.3) is 10.9 Å². The van der Waals surface area contributed by atoms with E-state index in [1.54, 1.807) is 19.4 Å². The summed E-state index contributed by atoms with van der Waals surface area (Å²) in [7, 11) is 1.57. The van der Waals surface area contributed by atoms with Gasteiger partial charge in [0.15, 0.2) is 0 Å². The van der Waals surface area contributed by atoms with Crippen molar-refractivity contribution >= 4 is 16.6 Å². The molecule has 110 valence electrons. The molecule has 3 rings (SSSR count). The Balaban J connectivity index is 2.26. The van der Waals surface area contributed by atoms with Crippen LogP contribution >= 0.6 is 0 Å². The lowest BCUT2D eigenvalue weighted by Crippen LogP contribution is -2.07. The van der Waals surface area contributed by atoms with Crippen molar-refractivity contribution in [1.29, 1.82) is 0 Å². The third kappa shape index (κ3) is 2.44. The van der Waals surface area contributed by atoms with Gasteiger partial charge in [0.05, 0.1) is 17.4 Å². The van der Waals surface area contributed by atoms with Gasteiger partial charge in [0.1, 0.15) is 11.3 Å². The summed E-state index contributed by atoms with van der Waals surface area (Å²) in [4.78, 5) is 15.4. The fourth-order valence-corrected chi connectivity index (χ4v) is 3.32. The number of aromatic nitrogens is 1. The monoisotopic (exact) mass is 286 g/mol. The van der Waals surface area contributed by atoms with Crippen LogP contribution in [0.5, 0.6) is 5.75 Å². The molecule has 0 atom stereocenters. The van der Waals surface area contributed by atoms with E-state index in [0.717, 1.165) is 18.4 Å². The minimum atomic E-state index is -0.324. The first kappa shape index (κ1) is 13.8. The van der Waals surface area contributed by atoms with Gasteiger partial charge in [-0.3, -0.25) is 15.1 Å². The molecule has 1 aliphatic carbocycles. The van der Waals surface area contributed by atoms with Gasteiger partial charge in [-0.2, -0.15) is 0 Å². The number of non-ortho nitro benzene ring substituents is 1. The van der Waals surface area contributed by atoms with E-state index in [-0.39, 0.29) is 10.6 Å². The van der Waals surface area contributed by atoms with Crippen LogP contribution in [-0.2, 0) is 0 Å². The van der Waals surface area contributed by atoms with Crippen LogP contribution in [0, 0.1) is 10.1 Å². The number of hydrogen-bond acceptors (Lipinski definition) is 4. The third-order valence-corrected chi connectivity index (χ3v) is 4.33. The molecule has 1 aliphatic rings. The minimum absolute atomic E-state index is 0.125. The molecule has 5 heteroatoms. The molecule has 0 saturated heterocycles. The topological polar surface area (TPSA) is 65.3 Å². The zero-order chi connectivity index (χ0) is 14.8. The van der Waals surface area contributed by atoms with Gasteiger partial charge in [0, 0.05) is 12.3 Å². The van der Waals surface area contributed by atoms with Gasteiger partial charge in [-0.05, 0) is 36.5 Å². The maximum atomic E-state index is 11.4. The Bertz CT molecular complexity index is 679. The second-order valence-corrected chi connectivity index (χ2v) is 5.50. The number of nitro benzene ring substituents is 1. The van der Waals surface area contributed by atoms with Crippen LogP contribution in [0.2, 0.25) is 0 Å². The van der Waals surface area contributed by atoms with Gasteiger partial charge in [-0.1, -0.05) is 19.3 Å². The lowest BCUT2D eigenvalue weighted by atomic mass is 9.82. The predicted octanol–water partition coefficient (Wildman–Crippen LogP) is 4.20. The van der Waals surface area contributed by atoms with Gasteiger partial charge in [-0.15, -0.1) is 0 Å². The van der Waals surface area contributed by atoms with Gasteiger partial charge in [-0.25, -0.2) is 0 Å². The summed E-state index contributed by atoms with van der Waals surface area (Å²) >= 11 is 0. The van der Waals surface area contributed by atoms with E-state index in [0.29, 0.717) is 22.6 Å². The fraction of sp³-hybridized carbons (Fsp3) is 0.438. The Labute approximate surface area is 123 Å². The summed E-state index contributed by atoms with van der Waals surface area (Å²) in [6.45, 7) is 0. The Hall–Kier alpha value is -2.17. The average molecular weight is 286 g/mol. The first-order chi connectivity index (χ1) is 10.2. The quantitative estimate of drug-likeness (QED) is 0.626. The van der Waals surface area contributed by atoms with Crippen LogP contribution in [0.1, 0.15) is 43.6 Å². The molecule has 5 nitrogen and oxygen atoms in total. The highest BCUT2D eigenvalue weighted by Gasteiger charge is 2.24. The fourth-order valence-electron chi connectivity index (χ4n) is 3.32. The zero-order valence-corrected chi connectivity index (χ0v) is 12.0. The number of rotatable bonds is 3. The second kappa shape index (κ2) is 5.68. The van der Waals surface area contributed by atoms with Crippen LogP contribution in [0.15, 0.2) is 24.4 Å². The highest BCUT2D eigenvalue weighted by Crippen LogP contribution is 2.41. The lowest BCUT2D eigenvalue weighted by Gasteiger charge is -2.23. The predicted molar refractivity (Wildman–Crippen MR) is 80.8 cm³/mol. The smallest absolute Gasteiger partial charge is 0.279 e. The standard InChI is InChI=1S/C16H18N2O3/c1-21-14-8-7-13(18(19)20)15-12(9-10-17-16(14)15)11-5-3-2-4-6-11/h7-11H,2-6H2,1H3. The van der Waals surface area contributed by atoms with Crippen LogP contribution in [-0.4, -0.2) is 17.0 Å². The molecule has 1 fully saturated rings. The number of hydrogen-bond donors (Lipinski definition) is 0. The molecule has 0 spiro atoms. The second-order valence-electron chi connectivity index (χ2n) is 5.50. The van der Waals surface area contributed by atoms with Crippen LogP contribution in [0.3, 0.4) is 0 Å². The van der Waals surface area contributed by atoms with Gasteiger partial charge >= 0.3 is 0 Å². The highest BCUT2D eigenvalue weighted by atomic mass is 16.6. The largest absolute Gasteiger partial charge is 0.494 e. The number of ether oxygens (including phenoxy) is 1. The van der Waals surface area contributed by atoms with E-state index in [1.165, 1.54) is 25.3 Å². The van der Waals surface area contributed by atoms with Crippen molar-refractivity contribution in [2.75, 3.05) is 7.11 Å². The Morgan fingerprint density at radius 1 is 1.24 bits per heavy atom. The van der Waals surface area contributed by atoms with Crippen molar-refractivity contribution in [1.82, 2.24) is 4.98 Å². The molecule has 0 amide bonds. The molecule has 0 aliphatic heterocycles.